The summed E-state index contributed by atoms with van der Waals surface area (Å²) >= 11 is 0. The predicted octanol–water partition coefficient (Wildman–Crippen LogP) is 11.7. The van der Waals surface area contributed by atoms with Gasteiger partial charge in [-0.1, -0.05) is 129 Å². The van der Waals surface area contributed by atoms with E-state index < -0.39 is 0 Å². The van der Waals surface area contributed by atoms with Gasteiger partial charge in [0, 0.05) is 5.41 Å². The number of hydrogen-bond donors (Lipinski definition) is 0. The molecule has 0 aliphatic heterocycles. The molecule has 194 valence electrons. The van der Waals surface area contributed by atoms with Crippen molar-refractivity contribution in [3.8, 4) is 22.3 Å². The Hall–Kier alpha value is -4.94. The molecule has 8 aromatic rings. The summed E-state index contributed by atoms with van der Waals surface area (Å²) in [4.78, 5) is 0. The second kappa shape index (κ2) is 8.53. The summed E-state index contributed by atoms with van der Waals surface area (Å²) in [6.45, 7) is 10.8. The van der Waals surface area contributed by atoms with Crippen LogP contribution in [0.5, 0.6) is 0 Å². The highest BCUT2D eigenvalue weighted by molar-refractivity contribution is 6.25. The average Bonchev–Trinajstić information content (AvgIpc) is 3.27. The van der Waals surface area contributed by atoms with Crippen molar-refractivity contribution in [2.75, 3.05) is 0 Å². The Morgan fingerprint density at radius 2 is 1.05 bits per heavy atom. The van der Waals surface area contributed by atoms with Crippen molar-refractivity contribution in [1.82, 2.24) is 0 Å². The van der Waals surface area contributed by atoms with Gasteiger partial charge in [-0.15, -0.1) is 13.2 Å². The number of rotatable bonds is 1. The van der Waals surface area contributed by atoms with Crippen LogP contribution in [0.3, 0.4) is 0 Å². The maximum atomic E-state index is 3.00. The molecule has 0 fully saturated rings. The van der Waals surface area contributed by atoms with Gasteiger partial charge in [-0.25, -0.2) is 0 Å². The Kier molecular flexibility index (Phi) is 4.97. The van der Waals surface area contributed by atoms with Gasteiger partial charge in [-0.05, 0) is 93.3 Å². The second-order valence-corrected chi connectivity index (χ2v) is 11.7. The van der Waals surface area contributed by atoms with Crippen LogP contribution in [0, 0.1) is 0 Å². The molecule has 0 aromatic heterocycles. The van der Waals surface area contributed by atoms with E-state index in [1.165, 1.54) is 87.2 Å². The van der Waals surface area contributed by atoms with Crippen molar-refractivity contribution in [3.05, 3.63) is 146 Å². The lowest BCUT2D eigenvalue weighted by atomic mass is 9.79. The summed E-state index contributed by atoms with van der Waals surface area (Å²) in [5.41, 5.74) is 8.17. The molecule has 0 unspecified atom stereocenters. The van der Waals surface area contributed by atoms with Gasteiger partial charge in [0.15, 0.2) is 0 Å². The number of hydrogen-bond acceptors (Lipinski definition) is 0. The first-order chi connectivity index (χ1) is 20.1. The molecule has 1 aliphatic rings. The standard InChI is InChI=1S/C39H26.C2H4/c1-39(2)34-21-18-26(27-19-16-25-15-14-23-8-7-9-24-17-20-31(27)36(25)35(23)24)22-33(34)37-30-12-5-3-10-28(30)29-11-4-6-13-32(29)38(37)39;1-2/h3-22H,1-2H3;1-2H2. The minimum atomic E-state index is -0.0739. The Morgan fingerprint density at radius 3 is 1.78 bits per heavy atom. The summed E-state index contributed by atoms with van der Waals surface area (Å²) in [5, 5.41) is 13.4. The van der Waals surface area contributed by atoms with E-state index in [9.17, 15) is 0 Å². The Bertz CT molecular complexity index is 2300. The molecule has 0 radical (unpaired) electrons. The molecule has 0 bridgehead atoms. The van der Waals surface area contributed by atoms with Crippen LogP contribution in [0.2, 0.25) is 0 Å². The lowest BCUT2D eigenvalue weighted by Gasteiger charge is -2.24. The van der Waals surface area contributed by atoms with E-state index in [1.807, 2.05) is 0 Å². The first-order valence-corrected chi connectivity index (χ1v) is 14.4. The first-order valence-electron chi connectivity index (χ1n) is 14.4. The van der Waals surface area contributed by atoms with Crippen LogP contribution in [0.4, 0.5) is 0 Å². The molecule has 9 rings (SSSR count). The Labute approximate surface area is 240 Å². The fraction of sp³-hybridized carbons (Fsp3) is 0.0732. The van der Waals surface area contributed by atoms with Crippen molar-refractivity contribution in [1.29, 1.82) is 0 Å². The molecule has 0 heteroatoms. The molecule has 0 saturated heterocycles. The highest BCUT2D eigenvalue weighted by Gasteiger charge is 2.38. The van der Waals surface area contributed by atoms with Crippen molar-refractivity contribution in [2.45, 2.75) is 19.3 Å². The van der Waals surface area contributed by atoms with E-state index in [0.29, 0.717) is 0 Å². The minimum absolute atomic E-state index is 0.0739. The van der Waals surface area contributed by atoms with E-state index in [0.717, 1.165) is 0 Å². The zero-order valence-electron chi connectivity index (χ0n) is 23.5. The van der Waals surface area contributed by atoms with Gasteiger partial charge >= 0.3 is 0 Å². The van der Waals surface area contributed by atoms with Crippen LogP contribution in [0.15, 0.2) is 134 Å². The first kappa shape index (κ1) is 23.9. The maximum absolute atomic E-state index is 3.00. The fourth-order valence-corrected chi connectivity index (χ4v) is 7.66. The molecule has 0 nitrogen and oxygen atoms in total. The molecular formula is C41H30. The summed E-state index contributed by atoms with van der Waals surface area (Å²) in [6.07, 6.45) is 0. The third kappa shape index (κ3) is 3.11. The minimum Gasteiger partial charge on any atom is -0.106 e. The SMILES string of the molecule is C=C.CC1(C)c2ccc(-c3ccc4ccc5cccc6ccc3c4c56)cc2-c2c1c1ccccc1c1ccccc21. The van der Waals surface area contributed by atoms with Crippen LogP contribution in [0.1, 0.15) is 25.0 Å². The average molecular weight is 523 g/mol. The Morgan fingerprint density at radius 1 is 0.463 bits per heavy atom. The summed E-state index contributed by atoms with van der Waals surface area (Å²) in [5.74, 6) is 0. The van der Waals surface area contributed by atoms with Crippen molar-refractivity contribution < 1.29 is 0 Å². The highest BCUT2D eigenvalue weighted by atomic mass is 14.4. The van der Waals surface area contributed by atoms with Crippen LogP contribution in [-0.4, -0.2) is 0 Å². The molecule has 0 N–H and O–H groups in total. The van der Waals surface area contributed by atoms with Crippen LogP contribution in [-0.2, 0) is 5.41 Å². The van der Waals surface area contributed by atoms with Crippen molar-refractivity contribution >= 4 is 53.9 Å². The van der Waals surface area contributed by atoms with Gasteiger partial charge in [0.1, 0.15) is 0 Å². The normalized spacial score (nSPS) is 13.5. The topological polar surface area (TPSA) is 0 Å². The molecule has 8 aromatic carbocycles. The molecule has 0 spiro atoms. The van der Waals surface area contributed by atoms with Gasteiger partial charge in [0.2, 0.25) is 0 Å². The smallest absolute Gasteiger partial charge is 0.0165 e. The second-order valence-electron chi connectivity index (χ2n) is 11.7. The van der Waals surface area contributed by atoms with E-state index in [1.54, 1.807) is 0 Å². The quantitative estimate of drug-likeness (QED) is 0.149. The lowest BCUT2D eigenvalue weighted by molar-refractivity contribution is 0.666. The van der Waals surface area contributed by atoms with Crippen molar-refractivity contribution in [2.24, 2.45) is 0 Å². The third-order valence-corrected chi connectivity index (χ3v) is 9.36. The zero-order chi connectivity index (χ0) is 27.9. The van der Waals surface area contributed by atoms with Crippen LogP contribution < -0.4 is 0 Å². The molecule has 0 amide bonds. The van der Waals surface area contributed by atoms with E-state index in [4.69, 9.17) is 0 Å². The van der Waals surface area contributed by atoms with Gasteiger partial charge in [0.25, 0.3) is 0 Å². The molecule has 1 aliphatic carbocycles. The molecule has 0 heterocycles. The molecular weight excluding hydrogens is 492 g/mol. The molecule has 41 heavy (non-hydrogen) atoms. The number of fused-ring (bicyclic) bond motifs is 8. The van der Waals surface area contributed by atoms with Crippen molar-refractivity contribution in [3.63, 3.8) is 0 Å². The monoisotopic (exact) mass is 522 g/mol. The zero-order valence-corrected chi connectivity index (χ0v) is 23.5. The third-order valence-electron chi connectivity index (χ3n) is 9.36. The summed E-state index contributed by atoms with van der Waals surface area (Å²) < 4.78 is 0. The highest BCUT2D eigenvalue weighted by Crippen LogP contribution is 2.55. The van der Waals surface area contributed by atoms with E-state index >= 15 is 0 Å². The predicted molar refractivity (Wildman–Crippen MR) is 179 cm³/mol. The summed E-state index contributed by atoms with van der Waals surface area (Å²) in [7, 11) is 0. The van der Waals surface area contributed by atoms with Gasteiger partial charge in [-0.3, -0.25) is 0 Å². The van der Waals surface area contributed by atoms with Gasteiger partial charge in [0.05, 0.1) is 0 Å². The summed E-state index contributed by atoms with van der Waals surface area (Å²) in [6, 6.07) is 45.5. The molecule has 0 saturated carbocycles. The Balaban J connectivity index is 0.00000125. The van der Waals surface area contributed by atoms with Gasteiger partial charge in [-0.2, -0.15) is 0 Å². The fourth-order valence-electron chi connectivity index (χ4n) is 7.66. The number of benzene rings is 8. The van der Waals surface area contributed by atoms with E-state index in [2.05, 4.69) is 148 Å². The lowest BCUT2D eigenvalue weighted by Crippen LogP contribution is -2.15. The van der Waals surface area contributed by atoms with E-state index in [-0.39, 0.29) is 5.41 Å². The maximum Gasteiger partial charge on any atom is 0.0165 e. The largest absolute Gasteiger partial charge is 0.106 e. The van der Waals surface area contributed by atoms with Crippen LogP contribution >= 0.6 is 0 Å². The van der Waals surface area contributed by atoms with Crippen LogP contribution in [0.25, 0.3) is 76.1 Å². The molecule has 0 atom stereocenters. The van der Waals surface area contributed by atoms with Gasteiger partial charge < -0.3 is 0 Å².